The molecule has 0 nitrogen and oxygen atoms in total. The van der Waals surface area contributed by atoms with Crippen LogP contribution in [0.15, 0.2) is 65.6 Å². The van der Waals surface area contributed by atoms with E-state index in [0.29, 0.717) is 11.8 Å². The second-order valence-corrected chi connectivity index (χ2v) is 5.81. The maximum atomic E-state index is 4.28. The second kappa shape index (κ2) is 4.74. The molecule has 0 aliphatic heterocycles. The Balaban J connectivity index is 1.75. The van der Waals surface area contributed by atoms with E-state index in [2.05, 4.69) is 77.1 Å². The molecule has 0 saturated heterocycles. The SMILES string of the molecule is C=C(c1ccc(Br)cc1)[C@H]1C[C@@H]1c1ccccc1. The molecule has 2 aromatic rings. The molecule has 18 heavy (non-hydrogen) atoms. The van der Waals surface area contributed by atoms with Crippen molar-refractivity contribution >= 4 is 21.5 Å². The molecule has 1 aliphatic rings. The van der Waals surface area contributed by atoms with Crippen molar-refractivity contribution in [3.05, 3.63) is 76.8 Å². The average molecular weight is 299 g/mol. The smallest absolute Gasteiger partial charge is 0.0175 e. The molecule has 0 amide bonds. The van der Waals surface area contributed by atoms with Crippen molar-refractivity contribution in [3.8, 4) is 0 Å². The lowest BCUT2D eigenvalue weighted by Gasteiger charge is -2.06. The van der Waals surface area contributed by atoms with Crippen LogP contribution in [0.2, 0.25) is 0 Å². The first-order chi connectivity index (χ1) is 8.75. The minimum absolute atomic E-state index is 0.619. The fourth-order valence-electron chi connectivity index (χ4n) is 2.53. The van der Waals surface area contributed by atoms with Gasteiger partial charge in [0.05, 0.1) is 0 Å². The summed E-state index contributed by atoms with van der Waals surface area (Å²) in [4.78, 5) is 0. The largest absolute Gasteiger partial charge is 0.0949 e. The Kier molecular flexibility index (Phi) is 3.09. The van der Waals surface area contributed by atoms with Gasteiger partial charge in [0.2, 0.25) is 0 Å². The highest BCUT2D eigenvalue weighted by Crippen LogP contribution is 2.53. The third-order valence-corrected chi connectivity index (χ3v) is 4.21. The van der Waals surface area contributed by atoms with Gasteiger partial charge >= 0.3 is 0 Å². The van der Waals surface area contributed by atoms with Gasteiger partial charge in [-0.3, -0.25) is 0 Å². The van der Waals surface area contributed by atoms with Crippen molar-refractivity contribution < 1.29 is 0 Å². The van der Waals surface area contributed by atoms with Crippen LogP contribution in [-0.2, 0) is 0 Å². The van der Waals surface area contributed by atoms with E-state index in [9.17, 15) is 0 Å². The molecule has 0 aromatic heterocycles. The van der Waals surface area contributed by atoms with Crippen molar-refractivity contribution in [1.29, 1.82) is 0 Å². The zero-order valence-corrected chi connectivity index (χ0v) is 11.7. The molecular weight excluding hydrogens is 284 g/mol. The first-order valence-corrected chi connectivity index (χ1v) is 7.04. The summed E-state index contributed by atoms with van der Waals surface area (Å²) in [5.41, 5.74) is 3.98. The maximum absolute atomic E-state index is 4.28. The molecule has 2 aromatic carbocycles. The van der Waals surface area contributed by atoms with Crippen LogP contribution in [-0.4, -0.2) is 0 Å². The first kappa shape index (κ1) is 11.7. The standard InChI is InChI=1S/C17H15Br/c1-12(13-7-9-15(18)10-8-13)16-11-17(16)14-5-3-2-4-6-14/h2-10,16-17H,1,11H2/t16-,17-/m1/s1. The quantitative estimate of drug-likeness (QED) is 0.724. The van der Waals surface area contributed by atoms with Gasteiger partial charge in [-0.2, -0.15) is 0 Å². The number of hydrogen-bond acceptors (Lipinski definition) is 0. The van der Waals surface area contributed by atoms with Crippen LogP contribution in [0.3, 0.4) is 0 Å². The van der Waals surface area contributed by atoms with Gasteiger partial charge in [-0.15, -0.1) is 0 Å². The van der Waals surface area contributed by atoms with Crippen molar-refractivity contribution in [3.63, 3.8) is 0 Å². The van der Waals surface area contributed by atoms with E-state index >= 15 is 0 Å². The summed E-state index contributed by atoms with van der Waals surface area (Å²) >= 11 is 3.47. The van der Waals surface area contributed by atoms with Crippen LogP contribution in [0.25, 0.3) is 5.57 Å². The highest BCUT2D eigenvalue weighted by atomic mass is 79.9. The summed E-state index contributed by atoms with van der Waals surface area (Å²) in [5.74, 6) is 1.29. The third-order valence-electron chi connectivity index (χ3n) is 3.68. The molecule has 0 radical (unpaired) electrons. The summed E-state index contributed by atoms with van der Waals surface area (Å²) in [6.45, 7) is 4.28. The van der Waals surface area contributed by atoms with Crippen LogP contribution < -0.4 is 0 Å². The molecule has 1 saturated carbocycles. The minimum Gasteiger partial charge on any atom is -0.0949 e. The molecule has 0 bridgehead atoms. The van der Waals surface area contributed by atoms with Crippen LogP contribution >= 0.6 is 15.9 Å². The maximum Gasteiger partial charge on any atom is 0.0175 e. The zero-order chi connectivity index (χ0) is 12.5. The number of allylic oxidation sites excluding steroid dienone is 1. The summed E-state index contributed by atoms with van der Waals surface area (Å²) in [5, 5.41) is 0. The van der Waals surface area contributed by atoms with E-state index in [4.69, 9.17) is 0 Å². The number of rotatable bonds is 3. The molecular formula is C17H15Br. The molecule has 0 N–H and O–H groups in total. The third kappa shape index (κ3) is 2.28. The lowest BCUT2D eigenvalue weighted by atomic mass is 10.00. The molecule has 90 valence electrons. The summed E-state index contributed by atoms with van der Waals surface area (Å²) in [6.07, 6.45) is 1.24. The van der Waals surface area contributed by atoms with Crippen molar-refractivity contribution in [2.24, 2.45) is 5.92 Å². The lowest BCUT2D eigenvalue weighted by molar-refractivity contribution is 1.03. The predicted octanol–water partition coefficient (Wildman–Crippen LogP) is 5.27. The monoisotopic (exact) mass is 298 g/mol. The van der Waals surface area contributed by atoms with E-state index in [1.807, 2.05) is 0 Å². The fourth-order valence-corrected chi connectivity index (χ4v) is 2.79. The van der Waals surface area contributed by atoms with Crippen LogP contribution in [0.5, 0.6) is 0 Å². The van der Waals surface area contributed by atoms with E-state index in [1.54, 1.807) is 0 Å². The Hall–Kier alpha value is -1.34. The fraction of sp³-hybridized carbons (Fsp3) is 0.176. The minimum atomic E-state index is 0.619. The van der Waals surface area contributed by atoms with E-state index in [-0.39, 0.29) is 0 Å². The predicted molar refractivity (Wildman–Crippen MR) is 80.5 cm³/mol. The van der Waals surface area contributed by atoms with Gasteiger partial charge in [-0.1, -0.05) is 65.0 Å². The molecule has 1 fully saturated rings. The number of hydrogen-bond donors (Lipinski definition) is 0. The molecule has 1 heteroatoms. The van der Waals surface area contributed by atoms with Gasteiger partial charge in [-0.25, -0.2) is 0 Å². The van der Waals surface area contributed by atoms with Gasteiger partial charge in [0.15, 0.2) is 0 Å². The van der Waals surface area contributed by atoms with Crippen LogP contribution in [0.4, 0.5) is 0 Å². The Bertz CT molecular complexity index is 554. The molecule has 0 unspecified atom stereocenters. The van der Waals surface area contributed by atoms with E-state index < -0.39 is 0 Å². The molecule has 3 rings (SSSR count). The average Bonchev–Trinajstić information content (AvgIpc) is 3.20. The van der Waals surface area contributed by atoms with E-state index in [1.165, 1.54) is 23.1 Å². The van der Waals surface area contributed by atoms with Crippen molar-refractivity contribution in [2.75, 3.05) is 0 Å². The van der Waals surface area contributed by atoms with Crippen molar-refractivity contribution in [1.82, 2.24) is 0 Å². The molecule has 0 heterocycles. The molecule has 0 spiro atoms. The summed E-state index contributed by atoms with van der Waals surface area (Å²) in [7, 11) is 0. The normalized spacial score (nSPS) is 21.6. The van der Waals surface area contributed by atoms with Crippen molar-refractivity contribution in [2.45, 2.75) is 12.3 Å². The highest BCUT2D eigenvalue weighted by molar-refractivity contribution is 9.10. The van der Waals surface area contributed by atoms with E-state index in [0.717, 1.165) is 4.47 Å². The molecule has 2 atom stereocenters. The van der Waals surface area contributed by atoms with Gasteiger partial charge in [-0.05, 0) is 47.1 Å². The number of halogens is 1. The highest BCUT2D eigenvalue weighted by Gasteiger charge is 2.40. The Labute approximate surface area is 116 Å². The Morgan fingerprint density at radius 3 is 2.33 bits per heavy atom. The van der Waals surface area contributed by atoms with Crippen LogP contribution in [0, 0.1) is 5.92 Å². The Morgan fingerprint density at radius 2 is 1.67 bits per heavy atom. The molecule has 1 aliphatic carbocycles. The van der Waals surface area contributed by atoms with Gasteiger partial charge in [0.25, 0.3) is 0 Å². The lowest BCUT2D eigenvalue weighted by Crippen LogP contribution is -1.88. The number of benzene rings is 2. The van der Waals surface area contributed by atoms with Gasteiger partial charge < -0.3 is 0 Å². The van der Waals surface area contributed by atoms with Gasteiger partial charge in [0, 0.05) is 4.47 Å². The van der Waals surface area contributed by atoms with Crippen LogP contribution in [0.1, 0.15) is 23.5 Å². The van der Waals surface area contributed by atoms with Gasteiger partial charge in [0.1, 0.15) is 0 Å². The summed E-state index contributed by atoms with van der Waals surface area (Å²) < 4.78 is 1.12. The second-order valence-electron chi connectivity index (χ2n) is 4.89. The Morgan fingerprint density at radius 1 is 1.00 bits per heavy atom. The zero-order valence-electron chi connectivity index (χ0n) is 10.1. The topological polar surface area (TPSA) is 0 Å². The first-order valence-electron chi connectivity index (χ1n) is 6.25. The summed E-state index contributed by atoms with van der Waals surface area (Å²) in [6, 6.07) is 19.2.